The summed E-state index contributed by atoms with van der Waals surface area (Å²) < 4.78 is 9.54. The van der Waals surface area contributed by atoms with Crippen LogP contribution in [0.5, 0.6) is 0 Å². The van der Waals surface area contributed by atoms with Crippen LogP contribution in [0.2, 0.25) is 0 Å². The highest BCUT2D eigenvalue weighted by Gasteiger charge is 2.14. The van der Waals surface area contributed by atoms with E-state index < -0.39 is 18.2 Å². The number of carbonyl (C=O) groups excluding carboxylic acids is 2. The van der Waals surface area contributed by atoms with Crippen molar-refractivity contribution >= 4 is 12.1 Å². The van der Waals surface area contributed by atoms with Gasteiger partial charge in [-0.05, 0) is 37.5 Å². The predicted octanol–water partition coefficient (Wildman–Crippen LogP) is 4.00. The quantitative estimate of drug-likeness (QED) is 0.257. The topological polar surface area (TPSA) is 80.3 Å². The second-order valence-corrected chi connectivity index (χ2v) is 5.66. The minimum Gasteiger partial charge on any atom is -0.427 e. The van der Waals surface area contributed by atoms with Crippen LogP contribution in [0.4, 0.5) is 4.79 Å². The van der Waals surface area contributed by atoms with Crippen LogP contribution in [0, 0.1) is 0 Å². The van der Waals surface area contributed by atoms with Gasteiger partial charge in [0.2, 0.25) is 0 Å². The van der Waals surface area contributed by atoms with Crippen LogP contribution in [0.15, 0.2) is 24.3 Å². The lowest BCUT2D eigenvalue weighted by atomic mass is 10.0. The zero-order valence-corrected chi connectivity index (χ0v) is 15.0. The molecule has 0 heterocycles. The zero-order valence-electron chi connectivity index (χ0n) is 15.0. The monoisotopic (exact) mass is 354 g/mol. The van der Waals surface area contributed by atoms with Crippen molar-refractivity contribution in [3.8, 4) is 0 Å². The largest absolute Gasteiger partial charge is 0.543 e. The van der Waals surface area contributed by atoms with E-state index in [1.165, 1.54) is 26.4 Å². The Morgan fingerprint density at radius 1 is 1.04 bits per heavy atom. The molecule has 0 radical (unpaired) electrons. The molecule has 1 rings (SSSR count). The first-order valence-corrected chi connectivity index (χ1v) is 8.40. The van der Waals surface area contributed by atoms with Crippen LogP contribution >= 0.6 is 0 Å². The Balaban J connectivity index is 2.29. The standard InChI is InChI=1S/C18H26O7/c1-4-5-6-7-8-15-9-11-16(12-10-15)17(19)23-25-24-18(20)22-14(2)13-21-3/h9-12,14H,4-8,13H2,1-3H3. The summed E-state index contributed by atoms with van der Waals surface area (Å²) in [6.07, 6.45) is 4.09. The van der Waals surface area contributed by atoms with Crippen molar-refractivity contribution in [2.24, 2.45) is 0 Å². The molecule has 25 heavy (non-hydrogen) atoms. The second-order valence-electron chi connectivity index (χ2n) is 5.66. The molecule has 1 aromatic carbocycles. The third kappa shape index (κ3) is 9.07. The molecule has 0 aromatic heterocycles. The van der Waals surface area contributed by atoms with Gasteiger partial charge in [-0.3, -0.25) is 4.89 Å². The molecule has 140 valence electrons. The van der Waals surface area contributed by atoms with Gasteiger partial charge in [0.1, 0.15) is 6.10 Å². The number of rotatable bonds is 11. The molecule has 0 fully saturated rings. The molecule has 7 nitrogen and oxygen atoms in total. The van der Waals surface area contributed by atoms with E-state index in [0.29, 0.717) is 5.56 Å². The van der Waals surface area contributed by atoms with E-state index in [4.69, 9.17) is 9.47 Å². The maximum Gasteiger partial charge on any atom is 0.543 e. The summed E-state index contributed by atoms with van der Waals surface area (Å²) >= 11 is 0. The van der Waals surface area contributed by atoms with Crippen LogP contribution in [0.3, 0.4) is 0 Å². The first-order valence-electron chi connectivity index (χ1n) is 8.40. The Bertz CT molecular complexity index is 513. The van der Waals surface area contributed by atoms with Crippen LogP contribution in [-0.4, -0.2) is 31.9 Å². The lowest BCUT2D eigenvalue weighted by Crippen LogP contribution is -2.21. The Morgan fingerprint density at radius 2 is 1.76 bits per heavy atom. The molecular formula is C18H26O7. The molecule has 0 spiro atoms. The first-order chi connectivity index (χ1) is 12.1. The van der Waals surface area contributed by atoms with Gasteiger partial charge in [0, 0.05) is 7.11 Å². The summed E-state index contributed by atoms with van der Waals surface area (Å²) in [5, 5.41) is 4.15. The van der Waals surface area contributed by atoms with Gasteiger partial charge >= 0.3 is 12.1 Å². The number of hydrogen-bond donors (Lipinski definition) is 0. The molecule has 7 heteroatoms. The van der Waals surface area contributed by atoms with Crippen molar-refractivity contribution in [3.05, 3.63) is 35.4 Å². The van der Waals surface area contributed by atoms with Gasteiger partial charge in [0.15, 0.2) is 0 Å². The lowest BCUT2D eigenvalue weighted by Gasteiger charge is -2.10. The number of ether oxygens (including phenoxy) is 2. The SMILES string of the molecule is CCCCCCc1ccc(C(=O)OOOC(=O)OC(C)COC)cc1. The number of hydrogen-bond acceptors (Lipinski definition) is 7. The summed E-state index contributed by atoms with van der Waals surface area (Å²) in [6, 6.07) is 7.01. The molecule has 0 saturated heterocycles. The minimum absolute atomic E-state index is 0.208. The van der Waals surface area contributed by atoms with Gasteiger partial charge in [-0.2, -0.15) is 0 Å². The fraction of sp³-hybridized carbons (Fsp3) is 0.556. The number of benzene rings is 1. The zero-order chi connectivity index (χ0) is 18.5. The predicted molar refractivity (Wildman–Crippen MR) is 89.7 cm³/mol. The van der Waals surface area contributed by atoms with Crippen molar-refractivity contribution < 1.29 is 33.9 Å². The fourth-order valence-electron chi connectivity index (χ4n) is 2.14. The van der Waals surface area contributed by atoms with Crippen LogP contribution in [0.25, 0.3) is 0 Å². The number of methoxy groups -OCH3 is 1. The van der Waals surface area contributed by atoms with Gasteiger partial charge in [0.25, 0.3) is 0 Å². The van der Waals surface area contributed by atoms with Gasteiger partial charge in [0.05, 0.1) is 17.2 Å². The van der Waals surface area contributed by atoms with Crippen molar-refractivity contribution in [1.29, 1.82) is 0 Å². The van der Waals surface area contributed by atoms with E-state index in [2.05, 4.69) is 21.7 Å². The third-order valence-electron chi connectivity index (χ3n) is 3.42. The average molecular weight is 354 g/mol. The van der Waals surface area contributed by atoms with Crippen molar-refractivity contribution in [1.82, 2.24) is 0 Å². The highest BCUT2D eigenvalue weighted by atomic mass is 17.5. The smallest absolute Gasteiger partial charge is 0.427 e. The summed E-state index contributed by atoms with van der Waals surface area (Å²) in [5.41, 5.74) is 1.45. The van der Waals surface area contributed by atoms with Crippen LogP contribution < -0.4 is 0 Å². The summed E-state index contributed by atoms with van der Waals surface area (Å²) in [4.78, 5) is 31.6. The molecular weight excluding hydrogens is 328 g/mol. The molecule has 0 aliphatic rings. The van der Waals surface area contributed by atoms with Gasteiger partial charge < -0.3 is 9.47 Å². The Kier molecular flexibility index (Phi) is 10.3. The van der Waals surface area contributed by atoms with Crippen molar-refractivity contribution in [2.75, 3.05) is 13.7 Å². The third-order valence-corrected chi connectivity index (χ3v) is 3.42. The number of aryl methyl sites for hydroxylation is 1. The molecule has 1 aromatic rings. The molecule has 0 N–H and O–H groups in total. The van der Waals surface area contributed by atoms with Gasteiger partial charge in [-0.25, -0.2) is 14.5 Å². The van der Waals surface area contributed by atoms with E-state index >= 15 is 0 Å². The average Bonchev–Trinajstić information content (AvgIpc) is 2.59. The number of unbranched alkanes of at least 4 members (excludes halogenated alkanes) is 3. The van der Waals surface area contributed by atoms with Gasteiger partial charge in [-0.15, -0.1) is 0 Å². The summed E-state index contributed by atoms with van der Waals surface area (Å²) in [6.45, 7) is 3.99. The molecule has 0 saturated carbocycles. The van der Waals surface area contributed by atoms with Crippen molar-refractivity contribution in [3.63, 3.8) is 0 Å². The highest BCUT2D eigenvalue weighted by molar-refractivity contribution is 5.88. The molecule has 0 aliphatic heterocycles. The van der Waals surface area contributed by atoms with Crippen LogP contribution in [-0.2, 0) is 30.7 Å². The van der Waals surface area contributed by atoms with E-state index in [1.54, 1.807) is 19.1 Å². The maximum absolute atomic E-state index is 11.8. The lowest BCUT2D eigenvalue weighted by molar-refractivity contribution is -0.453. The normalized spacial score (nSPS) is 11.6. The Hall–Kier alpha value is -2.12. The summed E-state index contributed by atoms with van der Waals surface area (Å²) in [7, 11) is 1.47. The molecule has 1 atom stereocenters. The minimum atomic E-state index is -1.13. The molecule has 0 aliphatic carbocycles. The fourth-order valence-corrected chi connectivity index (χ4v) is 2.14. The second kappa shape index (κ2) is 12.3. The van der Waals surface area contributed by atoms with E-state index in [0.717, 1.165) is 18.4 Å². The van der Waals surface area contributed by atoms with E-state index in [1.807, 2.05) is 12.1 Å². The molecule has 0 bridgehead atoms. The van der Waals surface area contributed by atoms with Crippen LogP contribution in [0.1, 0.15) is 55.5 Å². The molecule has 0 amide bonds. The Morgan fingerprint density at radius 3 is 2.40 bits per heavy atom. The van der Waals surface area contributed by atoms with Crippen molar-refractivity contribution in [2.45, 2.75) is 52.1 Å². The maximum atomic E-state index is 11.8. The van der Waals surface area contributed by atoms with Gasteiger partial charge in [-0.1, -0.05) is 38.3 Å². The highest BCUT2D eigenvalue weighted by Crippen LogP contribution is 2.11. The van der Waals surface area contributed by atoms with E-state index in [-0.39, 0.29) is 6.61 Å². The van der Waals surface area contributed by atoms with E-state index in [9.17, 15) is 9.59 Å². The molecule has 1 unspecified atom stereocenters. The first kappa shape index (κ1) is 20.9. The Labute approximate surface area is 148 Å². The number of carbonyl (C=O) groups is 2. The summed E-state index contributed by atoms with van der Waals surface area (Å²) in [5.74, 6) is -0.768.